The number of rotatable bonds is 2. The van der Waals surface area contributed by atoms with E-state index in [-0.39, 0.29) is 5.91 Å². The van der Waals surface area contributed by atoms with Crippen molar-refractivity contribution in [3.05, 3.63) is 0 Å². The minimum atomic E-state index is -0.619. The first-order valence-electron chi connectivity index (χ1n) is 6.23. The summed E-state index contributed by atoms with van der Waals surface area (Å²) in [6, 6.07) is 0. The van der Waals surface area contributed by atoms with Crippen molar-refractivity contribution in [2.24, 2.45) is 17.1 Å². The summed E-state index contributed by atoms with van der Waals surface area (Å²) in [6.45, 7) is 3.25. The fraction of sp³-hybridized carbons (Fsp3) is 0.833. The van der Waals surface area contributed by atoms with Crippen LogP contribution in [0.4, 0.5) is 0 Å². The van der Waals surface area contributed by atoms with E-state index in [1.807, 2.05) is 0 Å². The molecule has 17 heavy (non-hydrogen) atoms. The Morgan fingerprint density at radius 3 is 2.65 bits per heavy atom. The monoisotopic (exact) mass is 256 g/mol. The molecule has 1 unspecified atom stereocenters. The average Bonchev–Trinajstić information content (AvgIpc) is 2.23. The van der Waals surface area contributed by atoms with Crippen molar-refractivity contribution in [1.82, 2.24) is 4.90 Å². The molecule has 0 radical (unpaired) electrons. The first-order chi connectivity index (χ1) is 7.95. The summed E-state index contributed by atoms with van der Waals surface area (Å²) < 4.78 is 0. The third-order valence-corrected chi connectivity index (χ3v) is 4.35. The molecule has 4 nitrogen and oxygen atoms in total. The molecule has 5 heteroatoms. The molecule has 3 N–H and O–H groups in total. The lowest BCUT2D eigenvalue weighted by molar-refractivity contribution is -0.147. The molecule has 0 bridgehead atoms. The molecule has 96 valence electrons. The second-order valence-electron chi connectivity index (χ2n) is 5.51. The standard InChI is InChI=1S/C12H20N2O2S/c1-8-5-12(6-8,10(13)17)11(16)14-4-2-3-9(15)7-14/h8-9,15H,2-7H2,1H3,(H2,13,17). The van der Waals surface area contributed by atoms with Crippen molar-refractivity contribution >= 4 is 23.1 Å². The van der Waals surface area contributed by atoms with E-state index in [0.717, 1.165) is 25.7 Å². The van der Waals surface area contributed by atoms with E-state index < -0.39 is 11.5 Å². The van der Waals surface area contributed by atoms with Crippen LogP contribution in [0.15, 0.2) is 0 Å². The lowest BCUT2D eigenvalue weighted by atomic mass is 9.61. The Morgan fingerprint density at radius 2 is 2.18 bits per heavy atom. The fourth-order valence-corrected chi connectivity index (χ4v) is 3.31. The number of amides is 1. The summed E-state index contributed by atoms with van der Waals surface area (Å²) in [5, 5.41) is 9.62. The number of hydrogen-bond donors (Lipinski definition) is 2. The van der Waals surface area contributed by atoms with Crippen LogP contribution in [0.3, 0.4) is 0 Å². The number of carbonyl (C=O) groups excluding carboxylic acids is 1. The number of nitrogens with zero attached hydrogens (tertiary/aromatic N) is 1. The predicted octanol–water partition coefficient (Wildman–Crippen LogP) is 0.672. The lowest BCUT2D eigenvalue weighted by Crippen LogP contribution is -2.58. The molecule has 2 fully saturated rings. The first-order valence-corrected chi connectivity index (χ1v) is 6.64. The van der Waals surface area contributed by atoms with Crippen LogP contribution < -0.4 is 5.73 Å². The van der Waals surface area contributed by atoms with Crippen LogP contribution in [0.25, 0.3) is 0 Å². The third kappa shape index (κ3) is 2.18. The average molecular weight is 256 g/mol. The highest BCUT2D eigenvalue weighted by Gasteiger charge is 2.52. The maximum atomic E-state index is 12.5. The molecule has 0 aromatic heterocycles. The molecule has 0 aromatic rings. The van der Waals surface area contributed by atoms with Crippen LogP contribution >= 0.6 is 12.2 Å². The van der Waals surface area contributed by atoms with Crippen LogP contribution in [0.1, 0.15) is 32.6 Å². The number of hydrogen-bond acceptors (Lipinski definition) is 3. The van der Waals surface area contributed by atoms with E-state index in [0.29, 0.717) is 24.0 Å². The normalized spacial score (nSPS) is 37.4. The van der Waals surface area contributed by atoms with Gasteiger partial charge in [0.2, 0.25) is 5.91 Å². The van der Waals surface area contributed by atoms with Gasteiger partial charge in [-0.15, -0.1) is 0 Å². The molecule has 1 saturated carbocycles. The summed E-state index contributed by atoms with van der Waals surface area (Å²) in [5.41, 5.74) is 5.14. The largest absolute Gasteiger partial charge is 0.392 e. The fourth-order valence-electron chi connectivity index (χ4n) is 3.05. The zero-order chi connectivity index (χ0) is 12.6. The van der Waals surface area contributed by atoms with Gasteiger partial charge in [-0.3, -0.25) is 4.79 Å². The highest BCUT2D eigenvalue weighted by molar-refractivity contribution is 7.80. The van der Waals surface area contributed by atoms with Gasteiger partial charge in [0.15, 0.2) is 0 Å². The Kier molecular flexibility index (Phi) is 3.41. The Balaban J connectivity index is 2.09. The number of aliphatic hydroxyl groups excluding tert-OH is 1. The SMILES string of the molecule is CC1CC(C(=O)N2CCCC(O)C2)(C(N)=S)C1. The smallest absolute Gasteiger partial charge is 0.235 e. The molecule has 1 heterocycles. The van der Waals surface area contributed by atoms with E-state index in [4.69, 9.17) is 18.0 Å². The Labute approximate surface area is 107 Å². The molecule has 1 atom stereocenters. The zero-order valence-corrected chi connectivity index (χ0v) is 11.0. The molecule has 0 aromatic carbocycles. The maximum absolute atomic E-state index is 12.5. The predicted molar refractivity (Wildman–Crippen MR) is 69.4 cm³/mol. The second kappa shape index (κ2) is 4.53. The van der Waals surface area contributed by atoms with Gasteiger partial charge in [0.05, 0.1) is 16.5 Å². The van der Waals surface area contributed by atoms with Gasteiger partial charge >= 0.3 is 0 Å². The van der Waals surface area contributed by atoms with Crippen molar-refractivity contribution in [2.75, 3.05) is 13.1 Å². The van der Waals surface area contributed by atoms with E-state index in [1.54, 1.807) is 4.90 Å². The number of piperidine rings is 1. The van der Waals surface area contributed by atoms with Crippen molar-refractivity contribution < 1.29 is 9.90 Å². The van der Waals surface area contributed by atoms with Gasteiger partial charge < -0.3 is 15.7 Å². The van der Waals surface area contributed by atoms with Crippen LogP contribution in [-0.4, -0.2) is 40.1 Å². The van der Waals surface area contributed by atoms with Crippen molar-refractivity contribution in [1.29, 1.82) is 0 Å². The minimum Gasteiger partial charge on any atom is -0.392 e. The molecule has 2 rings (SSSR count). The number of thiocarbonyl (C=S) groups is 1. The molecular formula is C12H20N2O2S. The molecule has 1 amide bonds. The van der Waals surface area contributed by atoms with Gasteiger partial charge in [-0.05, 0) is 31.6 Å². The van der Waals surface area contributed by atoms with Gasteiger partial charge in [0.1, 0.15) is 0 Å². The Morgan fingerprint density at radius 1 is 1.53 bits per heavy atom. The molecule has 1 aliphatic heterocycles. The number of likely N-dealkylation sites (tertiary alicyclic amines) is 1. The van der Waals surface area contributed by atoms with Crippen LogP contribution in [0, 0.1) is 11.3 Å². The summed E-state index contributed by atoms with van der Waals surface area (Å²) in [6.07, 6.45) is 2.76. The van der Waals surface area contributed by atoms with Gasteiger partial charge in [-0.2, -0.15) is 0 Å². The van der Waals surface area contributed by atoms with Gasteiger partial charge in [0.25, 0.3) is 0 Å². The second-order valence-corrected chi connectivity index (χ2v) is 5.95. The maximum Gasteiger partial charge on any atom is 0.235 e. The number of aliphatic hydroxyl groups is 1. The quantitative estimate of drug-likeness (QED) is 0.713. The Bertz CT molecular complexity index is 339. The summed E-state index contributed by atoms with van der Waals surface area (Å²) in [7, 11) is 0. The van der Waals surface area contributed by atoms with Crippen molar-refractivity contribution in [3.8, 4) is 0 Å². The van der Waals surface area contributed by atoms with E-state index >= 15 is 0 Å². The first kappa shape index (κ1) is 12.8. The Hall–Kier alpha value is -0.680. The highest BCUT2D eigenvalue weighted by Crippen LogP contribution is 2.47. The van der Waals surface area contributed by atoms with Gasteiger partial charge in [0, 0.05) is 13.1 Å². The highest BCUT2D eigenvalue weighted by atomic mass is 32.1. The minimum absolute atomic E-state index is 0.0295. The lowest BCUT2D eigenvalue weighted by Gasteiger charge is -2.47. The van der Waals surface area contributed by atoms with E-state index in [2.05, 4.69) is 6.92 Å². The van der Waals surface area contributed by atoms with Gasteiger partial charge in [-0.1, -0.05) is 19.1 Å². The molecule has 2 aliphatic rings. The van der Waals surface area contributed by atoms with Crippen molar-refractivity contribution in [3.63, 3.8) is 0 Å². The van der Waals surface area contributed by atoms with Crippen molar-refractivity contribution in [2.45, 2.75) is 38.7 Å². The number of carbonyl (C=O) groups is 1. The van der Waals surface area contributed by atoms with Crippen LogP contribution in [0.5, 0.6) is 0 Å². The number of β-amino-alcohol motifs (C(OH)–C–C–N with tert-alkyl or cyclic N) is 1. The zero-order valence-electron chi connectivity index (χ0n) is 10.2. The van der Waals surface area contributed by atoms with E-state index in [1.165, 1.54) is 0 Å². The van der Waals surface area contributed by atoms with Crippen LogP contribution in [-0.2, 0) is 4.79 Å². The summed E-state index contributed by atoms with van der Waals surface area (Å²) in [4.78, 5) is 14.5. The van der Waals surface area contributed by atoms with Crippen LogP contribution in [0.2, 0.25) is 0 Å². The topological polar surface area (TPSA) is 66.6 Å². The molecule has 1 aliphatic carbocycles. The third-order valence-electron chi connectivity index (χ3n) is 3.96. The summed E-state index contributed by atoms with van der Waals surface area (Å²) in [5.74, 6) is 0.539. The van der Waals surface area contributed by atoms with E-state index in [9.17, 15) is 9.90 Å². The molecule has 0 spiro atoms. The molecular weight excluding hydrogens is 236 g/mol. The van der Waals surface area contributed by atoms with Gasteiger partial charge in [-0.25, -0.2) is 0 Å². The molecule has 1 saturated heterocycles. The number of nitrogens with two attached hydrogens (primary N) is 1. The summed E-state index contributed by atoms with van der Waals surface area (Å²) >= 11 is 5.08.